The smallest absolute Gasteiger partial charge is 0.220 e. The van der Waals surface area contributed by atoms with Crippen LogP contribution in [0.3, 0.4) is 0 Å². The molecule has 0 saturated carbocycles. The number of aromatic nitrogens is 3. The second-order valence-corrected chi connectivity index (χ2v) is 6.98. The third-order valence-electron chi connectivity index (χ3n) is 4.70. The highest BCUT2D eigenvalue weighted by Gasteiger charge is 2.11. The quantitative estimate of drug-likeness (QED) is 0.695. The standard InChI is InChI=1S/C21H26N4O2/c1-14-10-15(2)25(23-14)13-19-7-5-6-18(11-19)12-22-21(26)9-8-20-16(3)24-27-17(20)4/h5-7,10-11H,8-9,12-13H2,1-4H3,(H,22,26). The first-order valence-corrected chi connectivity index (χ1v) is 9.19. The minimum absolute atomic E-state index is 0.0268. The number of nitrogens with one attached hydrogen (secondary N) is 1. The van der Waals surface area contributed by atoms with Gasteiger partial charge in [-0.15, -0.1) is 0 Å². The van der Waals surface area contributed by atoms with Crippen LogP contribution in [0, 0.1) is 27.7 Å². The molecule has 0 aliphatic carbocycles. The third kappa shape index (κ3) is 4.84. The minimum atomic E-state index is 0.0268. The van der Waals surface area contributed by atoms with E-state index < -0.39 is 0 Å². The lowest BCUT2D eigenvalue weighted by molar-refractivity contribution is -0.121. The monoisotopic (exact) mass is 366 g/mol. The average molecular weight is 366 g/mol. The highest BCUT2D eigenvalue weighted by molar-refractivity contribution is 5.76. The third-order valence-corrected chi connectivity index (χ3v) is 4.70. The van der Waals surface area contributed by atoms with Gasteiger partial charge in [0.15, 0.2) is 0 Å². The maximum atomic E-state index is 12.2. The molecule has 0 fully saturated rings. The molecule has 1 amide bonds. The zero-order valence-electron chi connectivity index (χ0n) is 16.4. The number of hydrogen-bond acceptors (Lipinski definition) is 4. The molecule has 3 rings (SSSR count). The van der Waals surface area contributed by atoms with Crippen molar-refractivity contribution in [3.8, 4) is 0 Å². The van der Waals surface area contributed by atoms with Crippen LogP contribution in [0.5, 0.6) is 0 Å². The summed E-state index contributed by atoms with van der Waals surface area (Å²) in [4.78, 5) is 12.2. The molecule has 0 aliphatic heterocycles. The number of carbonyl (C=O) groups excluding carboxylic acids is 1. The fourth-order valence-corrected chi connectivity index (χ4v) is 3.23. The van der Waals surface area contributed by atoms with Crippen LogP contribution in [-0.4, -0.2) is 20.8 Å². The molecule has 0 atom stereocenters. The van der Waals surface area contributed by atoms with E-state index >= 15 is 0 Å². The van der Waals surface area contributed by atoms with Gasteiger partial charge in [-0.25, -0.2) is 0 Å². The average Bonchev–Trinajstić information content (AvgIpc) is 3.12. The molecular weight excluding hydrogens is 340 g/mol. The summed E-state index contributed by atoms with van der Waals surface area (Å²) in [6.07, 6.45) is 1.07. The predicted molar refractivity (Wildman–Crippen MR) is 103 cm³/mol. The lowest BCUT2D eigenvalue weighted by Crippen LogP contribution is -2.23. The van der Waals surface area contributed by atoms with Gasteiger partial charge in [-0.2, -0.15) is 5.10 Å². The Morgan fingerprint density at radius 2 is 1.93 bits per heavy atom. The zero-order valence-corrected chi connectivity index (χ0v) is 16.4. The number of nitrogens with zero attached hydrogens (tertiary/aromatic N) is 3. The molecule has 0 bridgehead atoms. The summed E-state index contributed by atoms with van der Waals surface area (Å²) in [6.45, 7) is 9.08. The van der Waals surface area contributed by atoms with E-state index in [1.54, 1.807) is 0 Å². The van der Waals surface area contributed by atoms with Crippen LogP contribution >= 0.6 is 0 Å². The Morgan fingerprint density at radius 3 is 2.59 bits per heavy atom. The Kier molecular flexibility index (Phi) is 5.74. The van der Waals surface area contributed by atoms with E-state index in [0.717, 1.165) is 40.5 Å². The van der Waals surface area contributed by atoms with Crippen molar-refractivity contribution in [2.75, 3.05) is 0 Å². The van der Waals surface area contributed by atoms with Crippen molar-refractivity contribution in [1.29, 1.82) is 0 Å². The largest absolute Gasteiger partial charge is 0.361 e. The van der Waals surface area contributed by atoms with E-state index in [9.17, 15) is 4.79 Å². The zero-order chi connectivity index (χ0) is 19.4. The van der Waals surface area contributed by atoms with Crippen LogP contribution in [0.1, 0.15) is 46.0 Å². The van der Waals surface area contributed by atoms with E-state index in [1.807, 2.05) is 37.6 Å². The predicted octanol–water partition coefficient (Wildman–Crippen LogP) is 3.40. The molecule has 3 aromatic rings. The lowest BCUT2D eigenvalue weighted by Gasteiger charge is -2.09. The maximum Gasteiger partial charge on any atom is 0.220 e. The molecule has 0 saturated heterocycles. The second-order valence-electron chi connectivity index (χ2n) is 6.98. The van der Waals surface area contributed by atoms with Gasteiger partial charge in [-0.1, -0.05) is 29.4 Å². The first kappa shape index (κ1) is 18.9. The van der Waals surface area contributed by atoms with Gasteiger partial charge in [0.25, 0.3) is 0 Å². The van der Waals surface area contributed by atoms with Crippen molar-refractivity contribution in [2.24, 2.45) is 0 Å². The van der Waals surface area contributed by atoms with Crippen molar-refractivity contribution in [1.82, 2.24) is 20.3 Å². The van der Waals surface area contributed by atoms with Crippen LogP contribution in [0.15, 0.2) is 34.9 Å². The van der Waals surface area contributed by atoms with Crippen LogP contribution in [0.4, 0.5) is 0 Å². The fraction of sp³-hybridized carbons (Fsp3) is 0.381. The van der Waals surface area contributed by atoms with Gasteiger partial charge < -0.3 is 9.84 Å². The van der Waals surface area contributed by atoms with Gasteiger partial charge in [0.2, 0.25) is 5.91 Å². The van der Waals surface area contributed by atoms with Crippen LogP contribution in [-0.2, 0) is 24.3 Å². The van der Waals surface area contributed by atoms with Gasteiger partial charge in [-0.3, -0.25) is 9.48 Å². The van der Waals surface area contributed by atoms with E-state index in [4.69, 9.17) is 4.52 Å². The fourth-order valence-electron chi connectivity index (χ4n) is 3.23. The summed E-state index contributed by atoms with van der Waals surface area (Å²) >= 11 is 0. The Hall–Kier alpha value is -2.89. The van der Waals surface area contributed by atoms with Gasteiger partial charge in [0, 0.05) is 24.2 Å². The summed E-state index contributed by atoms with van der Waals surface area (Å²) in [6, 6.07) is 10.3. The summed E-state index contributed by atoms with van der Waals surface area (Å²) < 4.78 is 7.14. The molecule has 0 spiro atoms. The van der Waals surface area contributed by atoms with E-state index in [1.165, 1.54) is 5.56 Å². The van der Waals surface area contributed by atoms with E-state index in [-0.39, 0.29) is 5.91 Å². The summed E-state index contributed by atoms with van der Waals surface area (Å²) in [5.74, 6) is 0.816. The number of amides is 1. The first-order chi connectivity index (χ1) is 12.9. The Labute approximate surface area is 159 Å². The molecule has 0 unspecified atom stereocenters. The first-order valence-electron chi connectivity index (χ1n) is 9.19. The molecule has 27 heavy (non-hydrogen) atoms. The van der Waals surface area contributed by atoms with Crippen LogP contribution < -0.4 is 5.32 Å². The molecule has 2 heterocycles. The summed E-state index contributed by atoms with van der Waals surface area (Å²) in [5, 5.41) is 11.4. The SMILES string of the molecule is Cc1cc(C)n(Cc2cccc(CNC(=O)CCc3c(C)noc3C)c2)n1. The topological polar surface area (TPSA) is 73.0 Å². The Balaban J connectivity index is 1.53. The van der Waals surface area contributed by atoms with E-state index in [0.29, 0.717) is 19.4 Å². The molecule has 0 radical (unpaired) electrons. The number of rotatable bonds is 7. The highest BCUT2D eigenvalue weighted by atomic mass is 16.5. The maximum absolute atomic E-state index is 12.2. The molecule has 1 N–H and O–H groups in total. The van der Waals surface area contributed by atoms with Crippen LogP contribution in [0.2, 0.25) is 0 Å². The number of aryl methyl sites for hydroxylation is 4. The van der Waals surface area contributed by atoms with E-state index in [2.05, 4.69) is 40.7 Å². The van der Waals surface area contributed by atoms with Crippen molar-refractivity contribution in [2.45, 2.75) is 53.6 Å². The van der Waals surface area contributed by atoms with Crippen molar-refractivity contribution >= 4 is 5.91 Å². The molecular formula is C21H26N4O2. The van der Waals surface area contributed by atoms with Crippen molar-refractivity contribution in [3.63, 3.8) is 0 Å². The molecule has 1 aromatic carbocycles. The van der Waals surface area contributed by atoms with Gasteiger partial charge in [0.1, 0.15) is 5.76 Å². The number of benzene rings is 1. The minimum Gasteiger partial charge on any atom is -0.361 e. The Bertz CT molecular complexity index is 920. The second kappa shape index (κ2) is 8.20. The molecule has 0 aliphatic rings. The van der Waals surface area contributed by atoms with Crippen LogP contribution in [0.25, 0.3) is 0 Å². The van der Waals surface area contributed by atoms with Crippen molar-refractivity contribution < 1.29 is 9.32 Å². The molecule has 142 valence electrons. The van der Waals surface area contributed by atoms with Gasteiger partial charge in [-0.05, 0) is 51.3 Å². The molecule has 6 nitrogen and oxygen atoms in total. The summed E-state index contributed by atoms with van der Waals surface area (Å²) in [5.41, 5.74) is 6.30. The molecule has 2 aromatic heterocycles. The van der Waals surface area contributed by atoms with Crippen molar-refractivity contribution in [3.05, 3.63) is 69.9 Å². The lowest BCUT2D eigenvalue weighted by atomic mass is 10.1. The van der Waals surface area contributed by atoms with Gasteiger partial charge in [0.05, 0.1) is 17.9 Å². The number of carbonyl (C=O) groups is 1. The Morgan fingerprint density at radius 1 is 1.15 bits per heavy atom. The number of hydrogen-bond donors (Lipinski definition) is 1. The normalized spacial score (nSPS) is 11.0. The summed E-state index contributed by atoms with van der Waals surface area (Å²) in [7, 11) is 0. The highest BCUT2D eigenvalue weighted by Crippen LogP contribution is 2.14. The molecule has 6 heteroatoms. The van der Waals surface area contributed by atoms with Gasteiger partial charge >= 0.3 is 0 Å².